The van der Waals surface area contributed by atoms with Crippen molar-refractivity contribution in [2.45, 2.75) is 26.4 Å². The van der Waals surface area contributed by atoms with Crippen LogP contribution in [0, 0.1) is 0 Å². The zero-order valence-electron chi connectivity index (χ0n) is 15.3. The van der Waals surface area contributed by atoms with Gasteiger partial charge < -0.3 is 10.5 Å². The highest BCUT2D eigenvalue weighted by Gasteiger charge is 2.21. The van der Waals surface area contributed by atoms with E-state index in [1.165, 1.54) is 4.57 Å². The molecule has 3 rings (SSSR count). The van der Waals surface area contributed by atoms with Crippen molar-refractivity contribution in [1.82, 2.24) is 4.57 Å². The Kier molecular flexibility index (Phi) is 4.98. The number of nitrogens with zero attached hydrogens (tertiary/aromatic N) is 1. The quantitative estimate of drug-likeness (QED) is 0.661. The van der Waals surface area contributed by atoms with E-state index >= 15 is 0 Å². The maximum Gasteiger partial charge on any atom is 0.419 e. The van der Waals surface area contributed by atoms with Gasteiger partial charge in [0, 0.05) is 26.3 Å². The van der Waals surface area contributed by atoms with Crippen LogP contribution in [0.25, 0.3) is 23.2 Å². The standard InChI is InChI=1S/C21H20Cl2N2O2/c1-12-18(19(24)13-6-5-7-14(22)10-13)16-9-8-15(23)11-17(16)25(12)20(26)27-21(2,3)4/h5-11H,1,24H2,2-4H3/b19-18+. The van der Waals surface area contributed by atoms with Crippen LogP contribution in [0.3, 0.4) is 0 Å². The Morgan fingerprint density at radius 3 is 2.41 bits per heavy atom. The van der Waals surface area contributed by atoms with E-state index in [4.69, 9.17) is 33.7 Å². The molecule has 0 amide bonds. The number of hydrogen-bond donors (Lipinski definition) is 1. The van der Waals surface area contributed by atoms with E-state index < -0.39 is 11.7 Å². The van der Waals surface area contributed by atoms with Gasteiger partial charge in [0.15, 0.2) is 0 Å². The van der Waals surface area contributed by atoms with E-state index in [1.807, 2.05) is 18.2 Å². The molecule has 6 heteroatoms. The van der Waals surface area contributed by atoms with Crippen molar-refractivity contribution in [3.8, 4) is 0 Å². The summed E-state index contributed by atoms with van der Waals surface area (Å²) < 4.78 is 6.94. The monoisotopic (exact) mass is 402 g/mol. The molecule has 1 aromatic heterocycles. The molecule has 0 aliphatic rings. The molecule has 140 valence electrons. The minimum atomic E-state index is -0.652. The Morgan fingerprint density at radius 2 is 1.78 bits per heavy atom. The fraction of sp³-hybridized carbons (Fsp3) is 0.190. The van der Waals surface area contributed by atoms with Crippen molar-refractivity contribution in [3.05, 3.63) is 68.6 Å². The summed E-state index contributed by atoms with van der Waals surface area (Å²) in [7, 11) is 0. The first-order chi connectivity index (χ1) is 12.6. The van der Waals surface area contributed by atoms with Crippen LogP contribution in [0.4, 0.5) is 4.79 Å². The Bertz CT molecular complexity index is 1160. The Morgan fingerprint density at radius 1 is 1.11 bits per heavy atom. The number of rotatable bonds is 1. The Balaban J connectivity index is 2.39. The third-order valence-corrected chi connectivity index (χ3v) is 4.48. The van der Waals surface area contributed by atoms with Gasteiger partial charge in [-0.3, -0.25) is 0 Å². The fourth-order valence-electron chi connectivity index (χ4n) is 2.93. The van der Waals surface area contributed by atoms with E-state index in [-0.39, 0.29) is 0 Å². The van der Waals surface area contributed by atoms with Gasteiger partial charge >= 0.3 is 6.09 Å². The van der Waals surface area contributed by atoms with Gasteiger partial charge in [-0.25, -0.2) is 9.36 Å². The van der Waals surface area contributed by atoms with Crippen LogP contribution in [0.15, 0.2) is 42.5 Å². The van der Waals surface area contributed by atoms with Crippen LogP contribution in [0.1, 0.15) is 26.3 Å². The molecule has 4 nitrogen and oxygen atoms in total. The highest BCUT2D eigenvalue weighted by molar-refractivity contribution is 6.31. The molecular formula is C21H20Cl2N2O2. The van der Waals surface area contributed by atoms with E-state index in [0.717, 1.165) is 10.9 Å². The fourth-order valence-corrected chi connectivity index (χ4v) is 3.29. The molecule has 1 heterocycles. The van der Waals surface area contributed by atoms with Crippen LogP contribution >= 0.6 is 23.2 Å². The zero-order valence-corrected chi connectivity index (χ0v) is 16.9. The molecule has 0 aliphatic carbocycles. The summed E-state index contributed by atoms with van der Waals surface area (Å²) in [5.41, 5.74) is 7.59. The van der Waals surface area contributed by atoms with Crippen molar-refractivity contribution in [1.29, 1.82) is 0 Å². The van der Waals surface area contributed by atoms with Gasteiger partial charge in [-0.05, 0) is 50.6 Å². The molecule has 0 bridgehead atoms. The maximum atomic E-state index is 12.8. The number of nitrogens with two attached hydrogens (primary N) is 1. The molecule has 2 N–H and O–H groups in total. The Hall–Kier alpha value is -2.43. The van der Waals surface area contributed by atoms with Gasteiger partial charge in [0.1, 0.15) is 5.60 Å². The second-order valence-corrected chi connectivity index (χ2v) is 8.10. The molecule has 0 radical (unpaired) electrons. The lowest BCUT2D eigenvalue weighted by Crippen LogP contribution is -2.37. The van der Waals surface area contributed by atoms with Crippen LogP contribution < -0.4 is 16.3 Å². The molecule has 2 aromatic carbocycles. The lowest BCUT2D eigenvalue weighted by molar-refractivity contribution is 0.0540. The average Bonchev–Trinajstić information content (AvgIpc) is 2.83. The number of ether oxygens (including phenoxy) is 1. The second kappa shape index (κ2) is 6.95. The minimum Gasteiger partial charge on any atom is -0.443 e. The van der Waals surface area contributed by atoms with Crippen LogP contribution in [0.5, 0.6) is 0 Å². The summed E-state index contributed by atoms with van der Waals surface area (Å²) in [4.78, 5) is 12.8. The van der Waals surface area contributed by atoms with Crippen molar-refractivity contribution in [3.63, 3.8) is 0 Å². The van der Waals surface area contributed by atoms with E-state index in [9.17, 15) is 4.79 Å². The first-order valence-corrected chi connectivity index (χ1v) is 9.12. The van der Waals surface area contributed by atoms with Crippen LogP contribution in [0.2, 0.25) is 10.0 Å². The number of aromatic nitrogens is 1. The molecule has 0 saturated heterocycles. The Labute approximate surface area is 167 Å². The summed E-state index contributed by atoms with van der Waals surface area (Å²) >= 11 is 12.3. The summed E-state index contributed by atoms with van der Waals surface area (Å²) in [6.07, 6.45) is -0.537. The normalized spacial score (nSPS) is 12.9. The summed E-state index contributed by atoms with van der Waals surface area (Å²) in [6.45, 7) is 9.51. The molecule has 27 heavy (non-hydrogen) atoms. The second-order valence-electron chi connectivity index (χ2n) is 7.22. The van der Waals surface area contributed by atoms with Gasteiger partial charge in [-0.1, -0.05) is 48.0 Å². The number of benzene rings is 2. The molecular weight excluding hydrogens is 383 g/mol. The highest BCUT2D eigenvalue weighted by atomic mass is 35.5. The molecule has 0 aliphatic heterocycles. The highest BCUT2D eigenvalue weighted by Crippen LogP contribution is 2.20. The molecule has 0 atom stereocenters. The van der Waals surface area contributed by atoms with Crippen LogP contribution in [-0.2, 0) is 4.74 Å². The predicted molar refractivity (Wildman–Crippen MR) is 112 cm³/mol. The molecule has 3 aromatic rings. The van der Waals surface area contributed by atoms with Gasteiger partial charge in [0.2, 0.25) is 0 Å². The van der Waals surface area contributed by atoms with E-state index in [0.29, 0.717) is 31.8 Å². The maximum absolute atomic E-state index is 12.8. The first kappa shape index (κ1) is 19.3. The number of fused-ring (bicyclic) bond motifs is 1. The van der Waals surface area contributed by atoms with Crippen LogP contribution in [-0.4, -0.2) is 16.3 Å². The van der Waals surface area contributed by atoms with Crippen molar-refractivity contribution in [2.24, 2.45) is 5.73 Å². The summed E-state index contributed by atoms with van der Waals surface area (Å²) in [6, 6.07) is 12.5. The largest absolute Gasteiger partial charge is 0.443 e. The molecule has 0 unspecified atom stereocenters. The zero-order chi connectivity index (χ0) is 19.9. The van der Waals surface area contributed by atoms with Gasteiger partial charge in [0.05, 0.1) is 10.9 Å². The SMILES string of the molecule is C=c1/c(=C(\N)c2cccc(Cl)c2)c2ccc(Cl)cc2n1C(=O)OC(C)(C)C. The summed E-state index contributed by atoms with van der Waals surface area (Å²) in [5.74, 6) is 0. The molecule has 0 fully saturated rings. The third-order valence-electron chi connectivity index (χ3n) is 4.01. The minimum absolute atomic E-state index is 0.430. The average molecular weight is 403 g/mol. The molecule has 0 spiro atoms. The number of hydrogen-bond acceptors (Lipinski definition) is 3. The lowest BCUT2D eigenvalue weighted by Gasteiger charge is -2.20. The van der Waals surface area contributed by atoms with Crippen molar-refractivity contribution in [2.75, 3.05) is 0 Å². The first-order valence-electron chi connectivity index (χ1n) is 8.36. The number of carbonyl (C=O) groups excluding carboxylic acids is 1. The number of carbonyl (C=O) groups is 1. The predicted octanol–water partition coefficient (Wildman–Crippen LogP) is 4.26. The molecule has 0 saturated carbocycles. The van der Waals surface area contributed by atoms with E-state index in [2.05, 4.69) is 6.58 Å². The van der Waals surface area contributed by atoms with Crippen molar-refractivity contribution >= 4 is 52.5 Å². The van der Waals surface area contributed by atoms with E-state index in [1.54, 1.807) is 45.0 Å². The lowest BCUT2D eigenvalue weighted by atomic mass is 10.1. The van der Waals surface area contributed by atoms with Gasteiger partial charge in [-0.15, -0.1) is 0 Å². The number of halogens is 2. The topological polar surface area (TPSA) is 57.2 Å². The summed E-state index contributed by atoms with van der Waals surface area (Å²) in [5, 5.41) is 2.90. The van der Waals surface area contributed by atoms with Gasteiger partial charge in [-0.2, -0.15) is 0 Å². The van der Waals surface area contributed by atoms with Crippen molar-refractivity contribution < 1.29 is 9.53 Å². The smallest absolute Gasteiger partial charge is 0.419 e. The third kappa shape index (κ3) is 3.82. The van der Waals surface area contributed by atoms with Gasteiger partial charge in [0.25, 0.3) is 0 Å².